The topological polar surface area (TPSA) is 9.23 Å². The Morgan fingerprint density at radius 1 is 1.42 bits per heavy atom. The predicted molar refractivity (Wildman–Crippen MR) is 89.5 cm³/mol. The maximum absolute atomic E-state index is 6.53. The molecular weight excluding hydrogens is 436 g/mol. The molecular formula is C15H17Br3O. The number of hydrogen-bond acceptors (Lipinski definition) is 1. The molecule has 1 aromatic rings. The maximum atomic E-state index is 6.53. The molecule has 0 amide bonds. The molecule has 1 nitrogen and oxygen atoms in total. The molecule has 0 spiro atoms. The molecule has 4 heteroatoms. The van der Waals surface area contributed by atoms with E-state index in [-0.39, 0.29) is 11.0 Å². The summed E-state index contributed by atoms with van der Waals surface area (Å²) in [5, 5.41) is 0.884. The van der Waals surface area contributed by atoms with Gasteiger partial charge in [-0.3, -0.25) is 0 Å². The summed E-state index contributed by atoms with van der Waals surface area (Å²) in [5.41, 5.74) is 2.55. The number of hydrogen-bond donors (Lipinski definition) is 0. The Kier molecular flexibility index (Phi) is 3.39. The van der Waals surface area contributed by atoms with Crippen molar-refractivity contribution in [3.8, 4) is 5.75 Å². The first-order chi connectivity index (χ1) is 8.87. The summed E-state index contributed by atoms with van der Waals surface area (Å²) >= 11 is 11.1. The van der Waals surface area contributed by atoms with Gasteiger partial charge in [0.15, 0.2) is 0 Å². The zero-order valence-corrected chi connectivity index (χ0v) is 16.1. The Hall–Kier alpha value is 0.460. The lowest BCUT2D eigenvalue weighted by Crippen LogP contribution is -2.50. The summed E-state index contributed by atoms with van der Waals surface area (Å²) < 4.78 is 8.79. The maximum Gasteiger partial charge on any atom is 0.138 e. The van der Waals surface area contributed by atoms with E-state index in [1.807, 2.05) is 0 Å². The van der Waals surface area contributed by atoms with Crippen LogP contribution < -0.4 is 4.74 Å². The fourth-order valence-electron chi connectivity index (χ4n) is 3.76. The van der Waals surface area contributed by atoms with Crippen LogP contribution in [0.15, 0.2) is 15.0 Å². The summed E-state index contributed by atoms with van der Waals surface area (Å²) in [4.78, 5) is 0. The minimum atomic E-state index is -0.106. The van der Waals surface area contributed by atoms with Crippen molar-refractivity contribution in [2.75, 3.05) is 5.33 Å². The molecule has 0 bridgehead atoms. The van der Waals surface area contributed by atoms with Crippen LogP contribution in [0, 0.1) is 12.8 Å². The fraction of sp³-hybridized carbons (Fsp3) is 0.600. The predicted octanol–water partition coefficient (Wildman–Crippen LogP) is 5.73. The number of fused-ring (bicyclic) bond motifs is 3. The molecule has 1 saturated carbocycles. The van der Waals surface area contributed by atoms with Crippen LogP contribution in [-0.2, 0) is 5.41 Å². The lowest BCUT2D eigenvalue weighted by atomic mass is 9.71. The highest BCUT2D eigenvalue weighted by molar-refractivity contribution is 9.11. The molecule has 1 aliphatic heterocycles. The second-order valence-corrected chi connectivity index (χ2v) is 8.28. The largest absolute Gasteiger partial charge is 0.484 e. The Morgan fingerprint density at radius 3 is 2.74 bits per heavy atom. The third kappa shape index (κ3) is 1.63. The van der Waals surface area contributed by atoms with Gasteiger partial charge in [-0.25, -0.2) is 0 Å². The second kappa shape index (κ2) is 4.48. The summed E-state index contributed by atoms with van der Waals surface area (Å²) in [6.07, 6.45) is 2.42. The highest BCUT2D eigenvalue weighted by Crippen LogP contribution is 2.63. The van der Waals surface area contributed by atoms with E-state index in [1.165, 1.54) is 24.0 Å². The molecule has 0 aromatic heterocycles. The number of alkyl halides is 1. The van der Waals surface area contributed by atoms with E-state index in [4.69, 9.17) is 4.74 Å². The van der Waals surface area contributed by atoms with Crippen LogP contribution in [0.2, 0.25) is 0 Å². The van der Waals surface area contributed by atoms with Crippen LogP contribution in [0.5, 0.6) is 5.75 Å². The smallest absolute Gasteiger partial charge is 0.138 e. The van der Waals surface area contributed by atoms with Gasteiger partial charge in [0.25, 0.3) is 0 Å². The third-order valence-electron chi connectivity index (χ3n) is 5.29. The number of rotatable bonds is 1. The van der Waals surface area contributed by atoms with Crippen molar-refractivity contribution < 1.29 is 4.74 Å². The highest BCUT2D eigenvalue weighted by Gasteiger charge is 2.63. The van der Waals surface area contributed by atoms with E-state index in [0.29, 0.717) is 5.92 Å². The van der Waals surface area contributed by atoms with Gasteiger partial charge >= 0.3 is 0 Å². The Balaban J connectivity index is 2.27. The molecule has 0 radical (unpaired) electrons. The monoisotopic (exact) mass is 450 g/mol. The first kappa shape index (κ1) is 14.4. The Morgan fingerprint density at radius 2 is 2.11 bits per heavy atom. The highest BCUT2D eigenvalue weighted by atomic mass is 79.9. The molecule has 1 aromatic carbocycles. The minimum absolute atomic E-state index is 0.101. The summed E-state index contributed by atoms with van der Waals surface area (Å²) in [6.45, 7) is 6.78. The van der Waals surface area contributed by atoms with E-state index in [1.54, 1.807) is 0 Å². The van der Waals surface area contributed by atoms with Crippen molar-refractivity contribution in [2.24, 2.45) is 5.92 Å². The summed E-state index contributed by atoms with van der Waals surface area (Å²) in [6, 6.07) is 2.26. The Labute approximate surface area is 139 Å². The van der Waals surface area contributed by atoms with E-state index < -0.39 is 0 Å². The first-order valence-corrected chi connectivity index (χ1v) is 9.32. The van der Waals surface area contributed by atoms with E-state index in [0.717, 1.165) is 20.0 Å². The van der Waals surface area contributed by atoms with Crippen LogP contribution in [0.3, 0.4) is 0 Å². The van der Waals surface area contributed by atoms with Crippen LogP contribution in [0.4, 0.5) is 0 Å². The molecule has 2 aliphatic rings. The quantitative estimate of drug-likeness (QED) is 0.494. The fourth-order valence-corrected chi connectivity index (χ4v) is 6.25. The van der Waals surface area contributed by atoms with Crippen molar-refractivity contribution in [3.63, 3.8) is 0 Å². The molecule has 3 atom stereocenters. The lowest BCUT2D eigenvalue weighted by Gasteiger charge is -2.38. The average Bonchev–Trinajstić information content (AvgIpc) is 2.78. The number of benzene rings is 1. The van der Waals surface area contributed by atoms with E-state index in [2.05, 4.69) is 74.6 Å². The van der Waals surface area contributed by atoms with Crippen molar-refractivity contribution in [3.05, 3.63) is 26.1 Å². The zero-order chi connectivity index (χ0) is 14.0. The van der Waals surface area contributed by atoms with Crippen molar-refractivity contribution in [1.82, 2.24) is 0 Å². The Bertz CT molecular complexity index is 557. The summed E-state index contributed by atoms with van der Waals surface area (Å²) in [7, 11) is 0. The van der Waals surface area contributed by atoms with Crippen molar-refractivity contribution in [2.45, 2.75) is 44.6 Å². The van der Waals surface area contributed by atoms with Gasteiger partial charge in [-0.2, -0.15) is 0 Å². The van der Waals surface area contributed by atoms with Crippen molar-refractivity contribution >= 4 is 47.8 Å². The van der Waals surface area contributed by atoms with Gasteiger partial charge < -0.3 is 4.74 Å². The molecule has 3 rings (SSSR count). The minimum Gasteiger partial charge on any atom is -0.484 e. The van der Waals surface area contributed by atoms with Crippen LogP contribution in [0.1, 0.15) is 37.8 Å². The average molecular weight is 453 g/mol. The third-order valence-corrected chi connectivity index (χ3v) is 7.90. The molecule has 19 heavy (non-hydrogen) atoms. The van der Waals surface area contributed by atoms with Gasteiger partial charge in [0.1, 0.15) is 11.4 Å². The van der Waals surface area contributed by atoms with Gasteiger partial charge in [0.05, 0.1) is 4.47 Å². The molecule has 3 unspecified atom stereocenters. The zero-order valence-electron chi connectivity index (χ0n) is 11.3. The van der Waals surface area contributed by atoms with Gasteiger partial charge in [-0.15, -0.1) is 0 Å². The van der Waals surface area contributed by atoms with Gasteiger partial charge in [0, 0.05) is 20.8 Å². The second-order valence-electron chi connectivity index (χ2n) is 6.07. The first-order valence-electron chi connectivity index (χ1n) is 6.61. The standard InChI is InChI=1S/C15H17Br3O/c1-8-4-5-14(3)10-6-11(17)9(2)12(18)13(10)19-15(8,14)7-16/h6,8H,4-5,7H2,1-3H3. The molecule has 0 saturated heterocycles. The van der Waals surface area contributed by atoms with E-state index in [9.17, 15) is 0 Å². The SMILES string of the molecule is Cc1c(Br)cc2c(c1Br)OC1(CBr)C(C)CCC21C. The normalized spacial score (nSPS) is 36.0. The lowest BCUT2D eigenvalue weighted by molar-refractivity contribution is 0.0363. The summed E-state index contributed by atoms with van der Waals surface area (Å²) in [5.74, 6) is 1.62. The van der Waals surface area contributed by atoms with Crippen LogP contribution in [-0.4, -0.2) is 10.9 Å². The van der Waals surface area contributed by atoms with Crippen molar-refractivity contribution in [1.29, 1.82) is 0 Å². The van der Waals surface area contributed by atoms with Crippen LogP contribution >= 0.6 is 47.8 Å². The van der Waals surface area contributed by atoms with Crippen LogP contribution in [0.25, 0.3) is 0 Å². The van der Waals surface area contributed by atoms with E-state index >= 15 is 0 Å². The number of halogens is 3. The van der Waals surface area contributed by atoms with Gasteiger partial charge in [0.2, 0.25) is 0 Å². The molecule has 1 heterocycles. The molecule has 104 valence electrons. The van der Waals surface area contributed by atoms with Gasteiger partial charge in [-0.05, 0) is 53.2 Å². The molecule has 0 N–H and O–H groups in total. The van der Waals surface area contributed by atoms with Gasteiger partial charge in [-0.1, -0.05) is 45.7 Å². The molecule has 1 fully saturated rings. The molecule has 1 aliphatic carbocycles. The number of ether oxygens (including phenoxy) is 1.